The first-order chi connectivity index (χ1) is 8.09. The summed E-state index contributed by atoms with van der Waals surface area (Å²) in [6.07, 6.45) is -4.33. The Hall–Kier alpha value is -1.27. The van der Waals surface area contributed by atoms with E-state index in [0.29, 0.717) is 0 Å². The molecule has 104 valence electrons. The predicted molar refractivity (Wildman–Crippen MR) is 58.7 cm³/mol. The first-order valence-electron chi connectivity index (χ1n) is 5.78. The highest BCUT2D eigenvalue weighted by Gasteiger charge is 2.45. The molecule has 1 heterocycles. The molecule has 1 fully saturated rings. The van der Waals surface area contributed by atoms with E-state index in [1.54, 1.807) is 6.92 Å². The first-order valence-corrected chi connectivity index (χ1v) is 5.78. The minimum atomic E-state index is -4.47. The van der Waals surface area contributed by atoms with Crippen LogP contribution in [0, 0.1) is 0 Å². The van der Waals surface area contributed by atoms with Crippen molar-refractivity contribution in [3.8, 4) is 0 Å². The first kappa shape index (κ1) is 14.8. The molecule has 2 amide bonds. The number of amides is 2. The normalized spacial score (nSPS) is 30.1. The van der Waals surface area contributed by atoms with Gasteiger partial charge in [-0.25, -0.2) is 0 Å². The Kier molecular flexibility index (Phi) is 3.92. The molecule has 0 spiro atoms. The van der Waals surface area contributed by atoms with Crippen LogP contribution in [-0.4, -0.2) is 41.0 Å². The maximum Gasteiger partial charge on any atom is 0.406 e. The van der Waals surface area contributed by atoms with Crippen LogP contribution in [0.4, 0.5) is 13.2 Å². The lowest BCUT2D eigenvalue weighted by Gasteiger charge is -2.34. The lowest BCUT2D eigenvalue weighted by atomic mass is 9.97. The summed E-state index contributed by atoms with van der Waals surface area (Å²) in [6, 6.07) is -0.757. The van der Waals surface area contributed by atoms with Crippen molar-refractivity contribution in [1.82, 2.24) is 10.2 Å². The topological polar surface area (TPSA) is 49.4 Å². The van der Waals surface area contributed by atoms with Crippen molar-refractivity contribution in [2.75, 3.05) is 6.54 Å². The molecular formula is C11H17F3N2O2. The van der Waals surface area contributed by atoms with E-state index in [9.17, 15) is 22.8 Å². The zero-order valence-corrected chi connectivity index (χ0v) is 10.6. The minimum absolute atomic E-state index is 0.114. The summed E-state index contributed by atoms with van der Waals surface area (Å²) >= 11 is 0. The summed E-state index contributed by atoms with van der Waals surface area (Å²) in [5.74, 6) is -1.08. The minimum Gasteiger partial charge on any atom is -0.342 e. The average molecular weight is 266 g/mol. The van der Waals surface area contributed by atoms with Gasteiger partial charge in [-0.2, -0.15) is 13.2 Å². The van der Waals surface area contributed by atoms with Crippen LogP contribution in [0.5, 0.6) is 0 Å². The molecule has 1 N–H and O–H groups in total. The number of alkyl halides is 3. The number of rotatable bonds is 2. The van der Waals surface area contributed by atoms with Crippen LogP contribution >= 0.6 is 0 Å². The van der Waals surface area contributed by atoms with Crippen molar-refractivity contribution in [1.29, 1.82) is 0 Å². The highest BCUT2D eigenvalue weighted by Crippen LogP contribution is 2.25. The molecule has 7 heteroatoms. The van der Waals surface area contributed by atoms with Crippen LogP contribution < -0.4 is 5.32 Å². The summed E-state index contributed by atoms with van der Waals surface area (Å²) in [5.41, 5.74) is -1.26. The maximum atomic E-state index is 12.5. The monoisotopic (exact) mass is 266 g/mol. The van der Waals surface area contributed by atoms with Gasteiger partial charge >= 0.3 is 6.18 Å². The molecule has 1 aliphatic rings. The fourth-order valence-electron chi connectivity index (χ4n) is 1.97. The van der Waals surface area contributed by atoms with Crippen molar-refractivity contribution in [2.45, 2.75) is 51.4 Å². The lowest BCUT2D eigenvalue weighted by molar-refractivity contribution is -0.167. The molecule has 0 saturated carbocycles. The molecule has 0 aromatic heterocycles. The quantitative estimate of drug-likeness (QED) is 0.822. The van der Waals surface area contributed by atoms with Crippen LogP contribution in [0.3, 0.4) is 0 Å². The summed E-state index contributed by atoms with van der Waals surface area (Å²) in [5, 5.41) is 2.50. The summed E-state index contributed by atoms with van der Waals surface area (Å²) in [7, 11) is 0. The van der Waals surface area contributed by atoms with Crippen LogP contribution in [0.2, 0.25) is 0 Å². The fourth-order valence-corrected chi connectivity index (χ4v) is 1.97. The van der Waals surface area contributed by atoms with Crippen LogP contribution in [0.15, 0.2) is 0 Å². The molecule has 1 saturated heterocycles. The van der Waals surface area contributed by atoms with Gasteiger partial charge in [0.1, 0.15) is 12.1 Å². The molecule has 0 bridgehead atoms. The summed E-state index contributed by atoms with van der Waals surface area (Å²) < 4.78 is 37.4. The number of nitrogens with one attached hydrogen (secondary N) is 1. The Balaban J connectivity index is 3.06. The Morgan fingerprint density at radius 3 is 2.44 bits per heavy atom. The standard InChI is InChI=1S/C11H17F3N2O2/c1-4-10(3)9(18)16(6-11(12,13)14)7(2)5-8(17)15-10/h7H,4-6H2,1-3H3,(H,15,17). The summed E-state index contributed by atoms with van der Waals surface area (Å²) in [4.78, 5) is 24.4. The van der Waals surface area contributed by atoms with Gasteiger partial charge in [-0.3, -0.25) is 9.59 Å². The van der Waals surface area contributed by atoms with Gasteiger partial charge < -0.3 is 10.2 Å². The number of carbonyl (C=O) groups is 2. The number of hydrogen-bond acceptors (Lipinski definition) is 2. The van der Waals surface area contributed by atoms with Crippen LogP contribution in [0.25, 0.3) is 0 Å². The van der Waals surface area contributed by atoms with Gasteiger partial charge in [-0.1, -0.05) is 6.92 Å². The Bertz CT molecular complexity index is 357. The predicted octanol–water partition coefficient (Wildman–Crippen LogP) is 1.45. The molecule has 0 aliphatic carbocycles. The second-order valence-corrected chi connectivity index (χ2v) is 4.84. The van der Waals surface area contributed by atoms with Crippen molar-refractivity contribution < 1.29 is 22.8 Å². The second kappa shape index (κ2) is 4.78. The number of carbonyl (C=O) groups excluding carboxylic acids is 2. The number of nitrogens with zero attached hydrogens (tertiary/aromatic N) is 1. The van der Waals surface area contributed by atoms with Gasteiger partial charge in [0.2, 0.25) is 11.8 Å². The van der Waals surface area contributed by atoms with E-state index in [1.807, 2.05) is 0 Å². The SMILES string of the molecule is CCC1(C)NC(=O)CC(C)N(CC(F)(F)F)C1=O. The maximum absolute atomic E-state index is 12.5. The van der Waals surface area contributed by atoms with Crippen molar-refractivity contribution in [3.05, 3.63) is 0 Å². The lowest BCUT2D eigenvalue weighted by Crippen LogP contribution is -2.56. The van der Waals surface area contributed by atoms with E-state index in [2.05, 4.69) is 5.32 Å². The average Bonchev–Trinajstić information content (AvgIpc) is 2.28. The Morgan fingerprint density at radius 1 is 1.44 bits per heavy atom. The van der Waals surface area contributed by atoms with E-state index >= 15 is 0 Å². The van der Waals surface area contributed by atoms with Gasteiger partial charge in [0.05, 0.1) is 0 Å². The van der Waals surface area contributed by atoms with Crippen LogP contribution in [-0.2, 0) is 9.59 Å². The number of halogens is 3. The third-order valence-corrected chi connectivity index (χ3v) is 3.22. The van der Waals surface area contributed by atoms with E-state index in [0.717, 1.165) is 4.90 Å². The zero-order valence-electron chi connectivity index (χ0n) is 10.6. The molecule has 4 nitrogen and oxygen atoms in total. The number of hydrogen-bond donors (Lipinski definition) is 1. The van der Waals surface area contributed by atoms with Gasteiger partial charge in [0.25, 0.3) is 0 Å². The largest absolute Gasteiger partial charge is 0.406 e. The third kappa shape index (κ3) is 3.14. The van der Waals surface area contributed by atoms with E-state index in [4.69, 9.17) is 0 Å². The zero-order chi connectivity index (χ0) is 14.1. The van der Waals surface area contributed by atoms with E-state index in [1.165, 1.54) is 13.8 Å². The molecule has 1 aliphatic heterocycles. The van der Waals surface area contributed by atoms with Gasteiger partial charge in [0, 0.05) is 12.5 Å². The Labute approximate surface area is 104 Å². The third-order valence-electron chi connectivity index (χ3n) is 3.22. The molecule has 2 unspecified atom stereocenters. The Morgan fingerprint density at radius 2 is 2.00 bits per heavy atom. The molecule has 18 heavy (non-hydrogen) atoms. The fraction of sp³-hybridized carbons (Fsp3) is 0.818. The van der Waals surface area contributed by atoms with Gasteiger partial charge in [0.15, 0.2) is 0 Å². The molecule has 1 rings (SSSR count). The molecule has 2 atom stereocenters. The second-order valence-electron chi connectivity index (χ2n) is 4.84. The van der Waals surface area contributed by atoms with Crippen molar-refractivity contribution in [3.63, 3.8) is 0 Å². The summed E-state index contributed by atoms with van der Waals surface area (Å²) in [6.45, 7) is 3.23. The highest BCUT2D eigenvalue weighted by molar-refractivity contribution is 5.93. The van der Waals surface area contributed by atoms with Crippen LogP contribution in [0.1, 0.15) is 33.6 Å². The highest BCUT2D eigenvalue weighted by atomic mass is 19.4. The molecular weight excluding hydrogens is 249 g/mol. The molecule has 0 radical (unpaired) electrons. The van der Waals surface area contributed by atoms with Gasteiger partial charge in [-0.15, -0.1) is 0 Å². The van der Waals surface area contributed by atoms with E-state index < -0.39 is 36.1 Å². The van der Waals surface area contributed by atoms with Crippen molar-refractivity contribution in [2.24, 2.45) is 0 Å². The smallest absolute Gasteiger partial charge is 0.342 e. The van der Waals surface area contributed by atoms with Crippen molar-refractivity contribution >= 4 is 11.8 Å². The molecule has 0 aromatic rings. The van der Waals surface area contributed by atoms with Gasteiger partial charge in [-0.05, 0) is 20.3 Å². The van der Waals surface area contributed by atoms with E-state index in [-0.39, 0.29) is 12.8 Å². The molecule has 0 aromatic carbocycles.